The molecular formula is C28H30FN5. The minimum absolute atomic E-state index is 0.0333. The Morgan fingerprint density at radius 1 is 1.03 bits per heavy atom. The van der Waals surface area contributed by atoms with Crippen LogP contribution in [0, 0.1) is 17.2 Å². The number of hydrogen-bond acceptors (Lipinski definition) is 4. The first-order valence-electron chi connectivity index (χ1n) is 11.8. The average molecular weight is 456 g/mol. The maximum absolute atomic E-state index is 13.6. The van der Waals surface area contributed by atoms with Gasteiger partial charge in [-0.3, -0.25) is 5.01 Å². The maximum Gasteiger partial charge on any atom is 0.138 e. The number of anilines is 1. The SMILES string of the molecule is CC1=CCCC(C)(C)C1/C=C/C1=NN(c2ccc(F)cc2)C(c2ccc(-n3cncn3)cc2)C1. The van der Waals surface area contributed by atoms with Gasteiger partial charge in [-0.05, 0) is 73.2 Å². The predicted octanol–water partition coefficient (Wildman–Crippen LogP) is 6.65. The van der Waals surface area contributed by atoms with Gasteiger partial charge < -0.3 is 0 Å². The van der Waals surface area contributed by atoms with E-state index in [-0.39, 0.29) is 17.3 Å². The van der Waals surface area contributed by atoms with Crippen LogP contribution in [0.2, 0.25) is 0 Å². The summed E-state index contributed by atoms with van der Waals surface area (Å²) in [5, 5.41) is 11.2. The highest BCUT2D eigenvalue weighted by molar-refractivity contribution is 5.98. The number of hydrogen-bond donors (Lipinski definition) is 0. The molecule has 2 aromatic carbocycles. The van der Waals surface area contributed by atoms with Crippen molar-refractivity contribution in [3.05, 3.63) is 96.4 Å². The number of allylic oxidation sites excluding steroid dienone is 4. The molecule has 6 heteroatoms. The van der Waals surface area contributed by atoms with Gasteiger partial charge in [-0.25, -0.2) is 14.1 Å². The Labute approximate surface area is 200 Å². The predicted molar refractivity (Wildman–Crippen MR) is 134 cm³/mol. The van der Waals surface area contributed by atoms with Crippen LogP contribution in [0.1, 0.15) is 51.6 Å². The van der Waals surface area contributed by atoms with Crippen molar-refractivity contribution in [2.45, 2.75) is 46.1 Å². The molecule has 0 spiro atoms. The lowest BCUT2D eigenvalue weighted by molar-refractivity contribution is 0.255. The second-order valence-electron chi connectivity index (χ2n) is 9.88. The van der Waals surface area contributed by atoms with E-state index in [1.165, 1.54) is 30.5 Å². The molecule has 0 radical (unpaired) electrons. The number of halogens is 1. The van der Waals surface area contributed by atoms with Crippen molar-refractivity contribution in [2.24, 2.45) is 16.4 Å². The van der Waals surface area contributed by atoms with Crippen LogP contribution in [-0.4, -0.2) is 20.5 Å². The molecule has 2 atom stereocenters. The molecule has 5 nitrogen and oxygen atoms in total. The molecule has 0 bridgehead atoms. The van der Waals surface area contributed by atoms with E-state index in [2.05, 4.69) is 61.2 Å². The van der Waals surface area contributed by atoms with Crippen LogP contribution in [-0.2, 0) is 0 Å². The third-order valence-electron chi connectivity index (χ3n) is 7.05. The Hall–Kier alpha value is -3.54. The van der Waals surface area contributed by atoms with E-state index in [0.717, 1.165) is 35.5 Å². The van der Waals surface area contributed by atoms with Crippen molar-refractivity contribution in [2.75, 3.05) is 5.01 Å². The van der Waals surface area contributed by atoms with Gasteiger partial charge in [0.15, 0.2) is 0 Å². The molecule has 0 fully saturated rings. The molecule has 1 aromatic heterocycles. The summed E-state index contributed by atoms with van der Waals surface area (Å²) in [6.07, 6.45) is 13.2. The summed E-state index contributed by atoms with van der Waals surface area (Å²) < 4.78 is 15.3. The van der Waals surface area contributed by atoms with Crippen molar-refractivity contribution >= 4 is 11.4 Å². The van der Waals surface area contributed by atoms with Gasteiger partial charge in [-0.15, -0.1) is 0 Å². The Morgan fingerprint density at radius 2 is 1.76 bits per heavy atom. The normalized spacial score (nSPS) is 22.2. The van der Waals surface area contributed by atoms with Crippen LogP contribution in [0.3, 0.4) is 0 Å². The highest BCUT2D eigenvalue weighted by Gasteiger charge is 2.32. The van der Waals surface area contributed by atoms with Crippen molar-refractivity contribution < 1.29 is 4.39 Å². The van der Waals surface area contributed by atoms with Crippen molar-refractivity contribution in [1.82, 2.24) is 14.8 Å². The first-order valence-corrected chi connectivity index (χ1v) is 11.8. The van der Waals surface area contributed by atoms with Crippen LogP contribution in [0.5, 0.6) is 0 Å². The van der Waals surface area contributed by atoms with Crippen LogP contribution in [0.15, 0.2) is 90.1 Å². The summed E-state index contributed by atoms with van der Waals surface area (Å²) in [5.41, 5.74) is 5.68. The number of aromatic nitrogens is 3. The summed E-state index contributed by atoms with van der Waals surface area (Å²) in [7, 11) is 0. The van der Waals surface area contributed by atoms with E-state index in [9.17, 15) is 4.39 Å². The van der Waals surface area contributed by atoms with Gasteiger partial charge in [-0.2, -0.15) is 10.2 Å². The molecule has 0 amide bonds. The van der Waals surface area contributed by atoms with Crippen molar-refractivity contribution in [3.63, 3.8) is 0 Å². The highest BCUT2D eigenvalue weighted by atomic mass is 19.1. The average Bonchev–Trinajstić information content (AvgIpc) is 3.50. The minimum atomic E-state index is -0.248. The highest BCUT2D eigenvalue weighted by Crippen LogP contribution is 2.42. The van der Waals surface area contributed by atoms with E-state index in [4.69, 9.17) is 5.10 Å². The topological polar surface area (TPSA) is 46.3 Å². The molecule has 174 valence electrons. The molecule has 0 saturated carbocycles. The molecule has 34 heavy (non-hydrogen) atoms. The number of hydrazone groups is 1. The van der Waals surface area contributed by atoms with E-state index in [1.807, 2.05) is 17.1 Å². The largest absolute Gasteiger partial charge is 0.257 e. The summed E-state index contributed by atoms with van der Waals surface area (Å²) >= 11 is 0. The summed E-state index contributed by atoms with van der Waals surface area (Å²) in [5.74, 6) is 0.159. The Balaban J connectivity index is 1.44. The lowest BCUT2D eigenvalue weighted by Gasteiger charge is -2.36. The Bertz CT molecular complexity index is 1220. The lowest BCUT2D eigenvalue weighted by Crippen LogP contribution is -2.26. The van der Waals surface area contributed by atoms with Crippen LogP contribution >= 0.6 is 0 Å². The number of nitrogens with zero attached hydrogens (tertiary/aromatic N) is 5. The fraction of sp³-hybridized carbons (Fsp3) is 0.321. The number of benzene rings is 2. The molecular weight excluding hydrogens is 425 g/mol. The van der Waals surface area contributed by atoms with Gasteiger partial charge in [-0.1, -0.05) is 43.7 Å². The van der Waals surface area contributed by atoms with Crippen LogP contribution in [0.25, 0.3) is 5.69 Å². The zero-order chi connectivity index (χ0) is 23.7. The van der Waals surface area contributed by atoms with Gasteiger partial charge in [0.1, 0.15) is 18.5 Å². The molecule has 0 N–H and O–H groups in total. The fourth-order valence-electron chi connectivity index (χ4n) is 5.11. The van der Waals surface area contributed by atoms with Crippen LogP contribution in [0.4, 0.5) is 10.1 Å². The van der Waals surface area contributed by atoms with Crippen molar-refractivity contribution in [3.8, 4) is 5.69 Å². The molecule has 2 aliphatic rings. The summed E-state index contributed by atoms with van der Waals surface area (Å²) in [6.45, 7) is 6.93. The van der Waals surface area contributed by atoms with Crippen molar-refractivity contribution in [1.29, 1.82) is 0 Å². The monoisotopic (exact) mass is 455 g/mol. The molecule has 5 rings (SSSR count). The molecule has 1 aliphatic carbocycles. The smallest absolute Gasteiger partial charge is 0.138 e. The third-order valence-corrected chi connectivity index (χ3v) is 7.05. The molecule has 2 unspecified atom stereocenters. The van der Waals surface area contributed by atoms with Gasteiger partial charge >= 0.3 is 0 Å². The standard InChI is InChI=1S/C28H30FN5/c1-20-5-4-16-28(2,3)26(20)15-10-23-17-27(34(32-23)25-13-8-22(29)9-14-25)21-6-11-24(12-7-21)33-19-30-18-31-33/h5-15,18-19,26-27H,4,16-17H2,1-3H3/b15-10+. The second-order valence-corrected chi connectivity index (χ2v) is 9.88. The summed E-state index contributed by atoms with van der Waals surface area (Å²) in [6, 6.07) is 14.9. The second kappa shape index (κ2) is 9.01. The van der Waals surface area contributed by atoms with E-state index < -0.39 is 0 Å². The maximum atomic E-state index is 13.6. The molecule has 2 heterocycles. The quantitative estimate of drug-likeness (QED) is 0.405. The molecule has 3 aromatic rings. The van der Waals surface area contributed by atoms with E-state index >= 15 is 0 Å². The van der Waals surface area contributed by atoms with Gasteiger partial charge in [0, 0.05) is 12.3 Å². The summed E-state index contributed by atoms with van der Waals surface area (Å²) in [4.78, 5) is 4.02. The third kappa shape index (κ3) is 4.45. The Kier molecular flexibility index (Phi) is 5.90. The molecule has 0 saturated heterocycles. The first-order chi connectivity index (χ1) is 16.4. The van der Waals surface area contributed by atoms with Crippen LogP contribution < -0.4 is 5.01 Å². The van der Waals surface area contributed by atoms with Gasteiger partial charge in [0.25, 0.3) is 0 Å². The van der Waals surface area contributed by atoms with Gasteiger partial charge in [0.2, 0.25) is 0 Å². The van der Waals surface area contributed by atoms with E-state index in [0.29, 0.717) is 5.92 Å². The fourth-order valence-corrected chi connectivity index (χ4v) is 5.11. The van der Waals surface area contributed by atoms with E-state index in [1.54, 1.807) is 23.1 Å². The first kappa shape index (κ1) is 22.3. The van der Waals surface area contributed by atoms with Gasteiger partial charge in [0.05, 0.1) is 23.1 Å². The number of rotatable bonds is 5. The zero-order valence-electron chi connectivity index (χ0n) is 19.9. The lowest BCUT2D eigenvalue weighted by atomic mass is 9.68. The Morgan fingerprint density at radius 3 is 2.44 bits per heavy atom. The minimum Gasteiger partial charge on any atom is -0.257 e. The molecule has 1 aliphatic heterocycles. The zero-order valence-corrected chi connectivity index (χ0v) is 19.9.